The van der Waals surface area contributed by atoms with Crippen molar-refractivity contribution in [3.63, 3.8) is 0 Å². The zero-order chi connectivity index (χ0) is 22.7. The zero-order valence-electron chi connectivity index (χ0n) is 18.7. The molecule has 1 fully saturated rings. The van der Waals surface area contributed by atoms with E-state index in [2.05, 4.69) is 10.4 Å². The van der Waals surface area contributed by atoms with Crippen LogP contribution in [-0.4, -0.2) is 53.2 Å². The molecule has 0 bridgehead atoms. The smallest absolute Gasteiger partial charge is 0.257 e. The van der Waals surface area contributed by atoms with Gasteiger partial charge in [-0.3, -0.25) is 14.3 Å². The Morgan fingerprint density at radius 1 is 1.16 bits per heavy atom. The lowest BCUT2D eigenvalue weighted by molar-refractivity contribution is -0.124. The summed E-state index contributed by atoms with van der Waals surface area (Å²) in [5.74, 6) is 0.316. The standard InChI is InChI=1S/C25H28N4O3/c1-17-22(16-28(2)27-17)25(31)29-13-12-26-24(30)19(15-29)14-18-8-4-5-9-20(18)21-10-6-7-11-23(21)32-3/h4-11,16,19H,12-15H2,1-3H3,(H,26,30). The third-order valence-electron chi connectivity index (χ3n) is 5.90. The summed E-state index contributed by atoms with van der Waals surface area (Å²) in [4.78, 5) is 27.8. The van der Waals surface area contributed by atoms with Crippen LogP contribution in [0.1, 0.15) is 21.6 Å². The van der Waals surface area contributed by atoms with Crippen LogP contribution < -0.4 is 10.1 Å². The maximum atomic E-state index is 13.2. The molecule has 7 heteroatoms. The number of rotatable bonds is 5. The number of aromatic nitrogens is 2. The van der Waals surface area contributed by atoms with E-state index in [1.165, 1.54) is 0 Å². The molecule has 2 heterocycles. The number of ether oxygens (including phenoxy) is 1. The summed E-state index contributed by atoms with van der Waals surface area (Å²) in [6.45, 7) is 3.10. The Hall–Kier alpha value is -3.61. The Labute approximate surface area is 188 Å². The van der Waals surface area contributed by atoms with Crippen LogP contribution in [0, 0.1) is 12.8 Å². The van der Waals surface area contributed by atoms with Crippen LogP contribution in [0.5, 0.6) is 5.75 Å². The molecule has 1 N–H and O–H groups in total. The molecule has 0 spiro atoms. The number of hydrogen-bond acceptors (Lipinski definition) is 4. The van der Waals surface area contributed by atoms with Gasteiger partial charge in [0.25, 0.3) is 5.91 Å². The van der Waals surface area contributed by atoms with E-state index in [4.69, 9.17) is 4.74 Å². The Kier molecular flexibility index (Phi) is 6.25. The van der Waals surface area contributed by atoms with Gasteiger partial charge < -0.3 is 15.0 Å². The number of amides is 2. The van der Waals surface area contributed by atoms with Crippen molar-refractivity contribution in [3.8, 4) is 16.9 Å². The third-order valence-corrected chi connectivity index (χ3v) is 5.90. The number of carbonyl (C=O) groups excluding carboxylic acids is 2. The Bertz CT molecular complexity index is 1140. The predicted octanol–water partition coefficient (Wildman–Crippen LogP) is 2.84. The lowest BCUT2D eigenvalue weighted by atomic mass is 9.91. The van der Waals surface area contributed by atoms with Crippen LogP contribution in [0.25, 0.3) is 11.1 Å². The van der Waals surface area contributed by atoms with E-state index in [0.717, 1.165) is 22.4 Å². The molecule has 2 amide bonds. The highest BCUT2D eigenvalue weighted by Crippen LogP contribution is 2.33. The molecule has 2 aromatic carbocycles. The second-order valence-corrected chi connectivity index (χ2v) is 8.10. The van der Waals surface area contributed by atoms with Crippen molar-refractivity contribution < 1.29 is 14.3 Å². The van der Waals surface area contributed by atoms with Crippen molar-refractivity contribution in [1.29, 1.82) is 0 Å². The molecule has 4 rings (SSSR count). The van der Waals surface area contributed by atoms with Crippen molar-refractivity contribution >= 4 is 11.8 Å². The normalized spacial score (nSPS) is 16.4. The molecular weight excluding hydrogens is 404 g/mol. The van der Waals surface area contributed by atoms with Gasteiger partial charge in [-0.25, -0.2) is 0 Å². The van der Waals surface area contributed by atoms with E-state index in [1.54, 1.807) is 29.9 Å². The quantitative estimate of drug-likeness (QED) is 0.673. The van der Waals surface area contributed by atoms with Gasteiger partial charge in [0.05, 0.1) is 24.3 Å². The Morgan fingerprint density at radius 2 is 1.88 bits per heavy atom. The molecule has 1 saturated heterocycles. The monoisotopic (exact) mass is 432 g/mol. The summed E-state index contributed by atoms with van der Waals surface area (Å²) >= 11 is 0. The van der Waals surface area contributed by atoms with Gasteiger partial charge in [-0.1, -0.05) is 42.5 Å². The van der Waals surface area contributed by atoms with Crippen LogP contribution in [-0.2, 0) is 18.3 Å². The summed E-state index contributed by atoms with van der Waals surface area (Å²) in [6.07, 6.45) is 2.26. The molecule has 1 aromatic heterocycles. The number of methoxy groups -OCH3 is 1. The first kappa shape index (κ1) is 21.6. The average Bonchev–Trinajstić information content (AvgIpc) is 3.03. The summed E-state index contributed by atoms with van der Waals surface area (Å²) in [7, 11) is 3.46. The number of nitrogens with one attached hydrogen (secondary N) is 1. The molecule has 1 aliphatic heterocycles. The van der Waals surface area contributed by atoms with Gasteiger partial charge in [0.1, 0.15) is 5.75 Å². The highest BCUT2D eigenvalue weighted by molar-refractivity contribution is 5.95. The predicted molar refractivity (Wildman–Crippen MR) is 122 cm³/mol. The molecule has 166 valence electrons. The van der Waals surface area contributed by atoms with E-state index in [1.807, 2.05) is 55.5 Å². The number of aryl methyl sites for hydroxylation is 2. The van der Waals surface area contributed by atoms with Crippen molar-refractivity contribution in [2.75, 3.05) is 26.7 Å². The van der Waals surface area contributed by atoms with Gasteiger partial charge in [-0.05, 0) is 30.5 Å². The van der Waals surface area contributed by atoms with Crippen molar-refractivity contribution in [3.05, 3.63) is 71.5 Å². The molecule has 1 atom stereocenters. The van der Waals surface area contributed by atoms with Gasteiger partial charge in [0.2, 0.25) is 5.91 Å². The van der Waals surface area contributed by atoms with Gasteiger partial charge in [0.15, 0.2) is 0 Å². The van der Waals surface area contributed by atoms with E-state index < -0.39 is 0 Å². The molecule has 1 aliphatic rings. The van der Waals surface area contributed by atoms with Crippen LogP contribution in [0.3, 0.4) is 0 Å². The lowest BCUT2D eigenvalue weighted by Crippen LogP contribution is -2.37. The highest BCUT2D eigenvalue weighted by Gasteiger charge is 2.30. The van der Waals surface area contributed by atoms with Crippen molar-refractivity contribution in [2.24, 2.45) is 13.0 Å². The molecule has 0 radical (unpaired) electrons. The summed E-state index contributed by atoms with van der Waals surface area (Å²) < 4.78 is 7.20. The topological polar surface area (TPSA) is 76.5 Å². The van der Waals surface area contributed by atoms with Gasteiger partial charge in [-0.15, -0.1) is 0 Å². The SMILES string of the molecule is COc1ccccc1-c1ccccc1CC1CN(C(=O)c2cn(C)nc2C)CCNC1=O. The number of benzene rings is 2. The Balaban J connectivity index is 1.62. The molecule has 3 aromatic rings. The number of hydrogen-bond donors (Lipinski definition) is 1. The summed E-state index contributed by atoms with van der Waals surface area (Å²) in [6, 6.07) is 15.9. The molecular formula is C25H28N4O3. The first-order valence-electron chi connectivity index (χ1n) is 10.8. The van der Waals surface area contributed by atoms with Crippen molar-refractivity contribution in [2.45, 2.75) is 13.3 Å². The van der Waals surface area contributed by atoms with E-state index in [-0.39, 0.29) is 17.7 Å². The minimum atomic E-state index is -0.353. The Morgan fingerprint density at radius 3 is 2.59 bits per heavy atom. The first-order chi connectivity index (χ1) is 15.5. The molecule has 7 nitrogen and oxygen atoms in total. The average molecular weight is 433 g/mol. The molecule has 0 aliphatic carbocycles. The fourth-order valence-electron chi connectivity index (χ4n) is 4.31. The molecule has 32 heavy (non-hydrogen) atoms. The highest BCUT2D eigenvalue weighted by atomic mass is 16.5. The lowest BCUT2D eigenvalue weighted by Gasteiger charge is -2.24. The maximum Gasteiger partial charge on any atom is 0.257 e. The van der Waals surface area contributed by atoms with Crippen LogP contribution in [0.2, 0.25) is 0 Å². The third kappa shape index (κ3) is 4.37. The summed E-state index contributed by atoms with van der Waals surface area (Å²) in [5, 5.41) is 7.26. The molecule has 0 saturated carbocycles. The van der Waals surface area contributed by atoms with Crippen LogP contribution in [0.15, 0.2) is 54.7 Å². The number of nitrogens with zero attached hydrogens (tertiary/aromatic N) is 3. The summed E-state index contributed by atoms with van der Waals surface area (Å²) in [5.41, 5.74) is 4.33. The fraction of sp³-hybridized carbons (Fsp3) is 0.320. The van der Waals surface area contributed by atoms with Gasteiger partial charge in [0, 0.05) is 38.4 Å². The first-order valence-corrected chi connectivity index (χ1v) is 10.8. The van der Waals surface area contributed by atoms with E-state index >= 15 is 0 Å². The maximum absolute atomic E-state index is 13.2. The van der Waals surface area contributed by atoms with Gasteiger partial charge >= 0.3 is 0 Å². The number of carbonyl (C=O) groups is 2. The second kappa shape index (κ2) is 9.26. The second-order valence-electron chi connectivity index (χ2n) is 8.10. The zero-order valence-corrected chi connectivity index (χ0v) is 18.7. The van der Waals surface area contributed by atoms with Crippen LogP contribution in [0.4, 0.5) is 0 Å². The minimum absolute atomic E-state index is 0.0296. The minimum Gasteiger partial charge on any atom is -0.496 e. The van der Waals surface area contributed by atoms with Crippen LogP contribution >= 0.6 is 0 Å². The van der Waals surface area contributed by atoms with E-state index in [9.17, 15) is 9.59 Å². The molecule has 1 unspecified atom stereocenters. The van der Waals surface area contributed by atoms with Crippen molar-refractivity contribution in [1.82, 2.24) is 20.0 Å². The number of para-hydroxylation sites is 1. The largest absolute Gasteiger partial charge is 0.496 e. The van der Waals surface area contributed by atoms with Gasteiger partial charge in [-0.2, -0.15) is 5.10 Å². The fourth-order valence-corrected chi connectivity index (χ4v) is 4.31. The van der Waals surface area contributed by atoms with E-state index in [0.29, 0.717) is 37.3 Å².